The highest BCUT2D eigenvalue weighted by molar-refractivity contribution is 7.97. The van der Waals surface area contributed by atoms with E-state index in [1.807, 2.05) is 18.4 Å². The zero-order chi connectivity index (χ0) is 20.9. The van der Waals surface area contributed by atoms with Crippen molar-refractivity contribution in [3.05, 3.63) is 41.6 Å². The van der Waals surface area contributed by atoms with Crippen molar-refractivity contribution in [3.63, 3.8) is 0 Å². The average molecular weight is 428 g/mol. The van der Waals surface area contributed by atoms with Gasteiger partial charge in [0.2, 0.25) is 5.88 Å². The van der Waals surface area contributed by atoms with Gasteiger partial charge in [0, 0.05) is 31.2 Å². The molecule has 2 N–H and O–H groups in total. The number of nitrogens with zero attached hydrogens (tertiary/aromatic N) is 1. The second kappa shape index (κ2) is 9.71. The molecule has 1 aromatic heterocycles. The van der Waals surface area contributed by atoms with E-state index in [1.54, 1.807) is 13.3 Å². The molecule has 6 nitrogen and oxygen atoms in total. The number of carbonyl (C=O) groups excluding carboxylic acids is 1. The average Bonchev–Trinajstić information content (AvgIpc) is 3.24. The van der Waals surface area contributed by atoms with Gasteiger partial charge in [0.05, 0.1) is 11.8 Å². The molecule has 0 spiro atoms. The molecule has 0 aliphatic heterocycles. The molecule has 4 rings (SSSR count). The minimum Gasteiger partial charge on any atom is -0.474 e. The zero-order valence-electron chi connectivity index (χ0n) is 17.6. The van der Waals surface area contributed by atoms with E-state index in [9.17, 15) is 4.79 Å². The van der Waals surface area contributed by atoms with E-state index in [-0.39, 0.29) is 12.1 Å². The second-order valence-electron chi connectivity index (χ2n) is 7.87. The Morgan fingerprint density at radius 1 is 1.13 bits per heavy atom. The van der Waals surface area contributed by atoms with Gasteiger partial charge in [0.25, 0.3) is 0 Å². The number of benzene rings is 1. The number of rotatable bonds is 6. The number of hydrogen-bond acceptors (Lipinski definition) is 5. The Bertz CT molecular complexity index is 897. The molecule has 7 heteroatoms. The van der Waals surface area contributed by atoms with Crippen molar-refractivity contribution in [1.82, 2.24) is 9.71 Å². The van der Waals surface area contributed by atoms with Gasteiger partial charge in [0.15, 0.2) is 0 Å². The predicted molar refractivity (Wildman–Crippen MR) is 121 cm³/mol. The number of hydrogen-bond donors (Lipinski definition) is 2. The molecule has 0 bridgehead atoms. The molecule has 0 unspecified atom stereocenters. The first kappa shape index (κ1) is 21.0. The van der Waals surface area contributed by atoms with Crippen LogP contribution in [0.4, 0.5) is 10.5 Å². The van der Waals surface area contributed by atoms with Crippen LogP contribution in [0.25, 0.3) is 11.1 Å². The fourth-order valence-electron chi connectivity index (χ4n) is 4.48. The summed E-state index contributed by atoms with van der Waals surface area (Å²) in [5.74, 6) is 0.633. The molecule has 0 radical (unpaired) electrons. The maximum absolute atomic E-state index is 12.3. The van der Waals surface area contributed by atoms with E-state index in [0.29, 0.717) is 12.0 Å². The summed E-state index contributed by atoms with van der Waals surface area (Å²) >= 11 is 1.29. The summed E-state index contributed by atoms with van der Waals surface area (Å²) < 4.78 is 14.4. The first-order valence-electron chi connectivity index (χ1n) is 10.6. The lowest BCUT2D eigenvalue weighted by molar-refractivity contribution is 0.0314. The number of methoxy groups -OCH3 is 1. The Morgan fingerprint density at radius 3 is 2.70 bits per heavy atom. The van der Waals surface area contributed by atoms with E-state index in [4.69, 9.17) is 9.47 Å². The van der Waals surface area contributed by atoms with E-state index in [0.717, 1.165) is 61.8 Å². The van der Waals surface area contributed by atoms with Crippen LogP contribution < -0.4 is 14.8 Å². The second-order valence-corrected chi connectivity index (χ2v) is 8.49. The number of urea groups is 1. The number of ether oxygens (including phenoxy) is 2. The van der Waals surface area contributed by atoms with Gasteiger partial charge in [-0.25, -0.2) is 9.78 Å². The third kappa shape index (κ3) is 4.73. The summed E-state index contributed by atoms with van der Waals surface area (Å²) in [5, 5.41) is 3.08. The largest absolute Gasteiger partial charge is 0.474 e. The highest BCUT2D eigenvalue weighted by atomic mass is 32.2. The Kier molecular flexibility index (Phi) is 6.79. The van der Waals surface area contributed by atoms with Crippen LogP contribution in [-0.4, -0.2) is 36.6 Å². The molecule has 2 aromatic rings. The van der Waals surface area contributed by atoms with Gasteiger partial charge < -0.3 is 14.8 Å². The van der Waals surface area contributed by atoms with Gasteiger partial charge in [-0.2, -0.15) is 0 Å². The molecular weight excluding hydrogens is 398 g/mol. The van der Waals surface area contributed by atoms with Crippen molar-refractivity contribution in [3.8, 4) is 17.0 Å². The van der Waals surface area contributed by atoms with Gasteiger partial charge in [-0.1, -0.05) is 24.1 Å². The number of fused-ring (bicyclic) bond motifs is 1. The molecule has 0 saturated heterocycles. The number of aromatic nitrogens is 1. The third-order valence-electron chi connectivity index (χ3n) is 6.00. The number of nitrogens with one attached hydrogen (secondary N) is 2. The van der Waals surface area contributed by atoms with Gasteiger partial charge in [-0.15, -0.1) is 0 Å². The monoisotopic (exact) mass is 427 g/mol. The quantitative estimate of drug-likeness (QED) is 0.637. The first-order chi connectivity index (χ1) is 14.7. The van der Waals surface area contributed by atoms with Crippen LogP contribution in [0.3, 0.4) is 0 Å². The molecule has 0 atom stereocenters. The molecular formula is C23H29N3O3S. The van der Waals surface area contributed by atoms with Crippen molar-refractivity contribution in [2.24, 2.45) is 0 Å². The minimum atomic E-state index is -0.204. The van der Waals surface area contributed by atoms with Crippen LogP contribution in [0, 0.1) is 0 Å². The highest BCUT2D eigenvalue weighted by Gasteiger charge is 2.23. The van der Waals surface area contributed by atoms with Crippen LogP contribution >= 0.6 is 11.9 Å². The Hall–Kier alpha value is -2.25. The molecule has 1 saturated carbocycles. The normalized spacial score (nSPS) is 20.5. The van der Waals surface area contributed by atoms with Gasteiger partial charge >= 0.3 is 6.03 Å². The van der Waals surface area contributed by atoms with Crippen molar-refractivity contribution in [2.45, 2.75) is 57.2 Å². The maximum Gasteiger partial charge on any atom is 0.329 e. The van der Waals surface area contributed by atoms with E-state index < -0.39 is 0 Å². The maximum atomic E-state index is 12.3. The standard InChI is InChI=1S/C23H29N3O3S/c1-28-17-7-9-18(10-8-17)29-21-14-16(12-13-24-21)20-11-6-15-4-3-5-19(15)22(20)25-23(27)26-30-2/h6,11-14,17-18H,3-5,7-10H2,1-2H3,(H2,25,26,27). The van der Waals surface area contributed by atoms with Crippen molar-refractivity contribution < 1.29 is 14.3 Å². The predicted octanol–water partition coefficient (Wildman–Crippen LogP) is 4.97. The van der Waals surface area contributed by atoms with Crippen LogP contribution in [0.15, 0.2) is 30.5 Å². The van der Waals surface area contributed by atoms with Gasteiger partial charge in [-0.05, 0) is 67.7 Å². The van der Waals surface area contributed by atoms with Crippen LogP contribution in [0.1, 0.15) is 43.2 Å². The number of carbonyl (C=O) groups is 1. The molecule has 2 amide bonds. The summed E-state index contributed by atoms with van der Waals surface area (Å²) in [7, 11) is 1.78. The summed E-state index contributed by atoms with van der Waals surface area (Å²) in [6, 6.07) is 8.04. The molecule has 1 fully saturated rings. The minimum absolute atomic E-state index is 0.170. The summed E-state index contributed by atoms with van der Waals surface area (Å²) in [5.41, 5.74) is 5.45. The Morgan fingerprint density at radius 2 is 1.93 bits per heavy atom. The summed E-state index contributed by atoms with van der Waals surface area (Å²) in [6.45, 7) is 0. The van der Waals surface area contributed by atoms with E-state index in [1.165, 1.54) is 23.1 Å². The number of amides is 2. The SMILES string of the molecule is COC1CCC(Oc2cc(-c3ccc4c(c3NC(=O)NSC)CCC4)ccn2)CC1. The third-order valence-corrected chi connectivity index (χ3v) is 6.39. The fourth-order valence-corrected chi connectivity index (χ4v) is 4.72. The summed E-state index contributed by atoms with van der Waals surface area (Å²) in [6.07, 6.45) is 11.3. The Labute approximate surface area is 182 Å². The van der Waals surface area contributed by atoms with E-state index in [2.05, 4.69) is 27.2 Å². The van der Waals surface area contributed by atoms with Gasteiger partial charge in [0.1, 0.15) is 6.10 Å². The summed E-state index contributed by atoms with van der Waals surface area (Å²) in [4.78, 5) is 16.7. The highest BCUT2D eigenvalue weighted by Crippen LogP contribution is 2.38. The van der Waals surface area contributed by atoms with Gasteiger partial charge in [-0.3, -0.25) is 4.72 Å². The van der Waals surface area contributed by atoms with Crippen LogP contribution in [0.5, 0.6) is 5.88 Å². The van der Waals surface area contributed by atoms with Crippen LogP contribution in [0.2, 0.25) is 0 Å². The molecule has 1 aromatic carbocycles. The topological polar surface area (TPSA) is 72.5 Å². The zero-order valence-corrected chi connectivity index (χ0v) is 18.4. The lowest BCUT2D eigenvalue weighted by atomic mass is 9.95. The lowest BCUT2D eigenvalue weighted by Crippen LogP contribution is -2.27. The van der Waals surface area contributed by atoms with Crippen molar-refractivity contribution in [2.75, 3.05) is 18.7 Å². The lowest BCUT2D eigenvalue weighted by Gasteiger charge is -2.27. The molecule has 160 valence electrons. The van der Waals surface area contributed by atoms with Crippen molar-refractivity contribution in [1.29, 1.82) is 0 Å². The van der Waals surface area contributed by atoms with Crippen LogP contribution in [-0.2, 0) is 17.6 Å². The first-order valence-corrected chi connectivity index (χ1v) is 11.8. The number of pyridine rings is 1. The van der Waals surface area contributed by atoms with Crippen molar-refractivity contribution >= 4 is 23.7 Å². The molecule has 2 aliphatic rings. The molecule has 1 heterocycles. The van der Waals surface area contributed by atoms with E-state index >= 15 is 0 Å². The fraction of sp³-hybridized carbons (Fsp3) is 0.478. The molecule has 30 heavy (non-hydrogen) atoms. The Balaban J connectivity index is 1.58. The number of anilines is 1. The molecule has 2 aliphatic carbocycles. The number of aryl methyl sites for hydroxylation is 1. The smallest absolute Gasteiger partial charge is 0.329 e.